The second kappa shape index (κ2) is 12.7. The average Bonchev–Trinajstić information content (AvgIpc) is 3.35. The number of amides is 1. The highest BCUT2D eigenvalue weighted by molar-refractivity contribution is 7.90. The molecule has 1 atom stereocenters. The molecule has 1 aromatic carbocycles. The number of nitrogens with one attached hydrogen (secondary N) is 1. The van der Waals surface area contributed by atoms with Crippen LogP contribution in [0.5, 0.6) is 0 Å². The summed E-state index contributed by atoms with van der Waals surface area (Å²) < 4.78 is 46.7. The summed E-state index contributed by atoms with van der Waals surface area (Å²) in [5, 5.41) is 2.84. The number of carbonyl (C=O) groups is 1. The molecule has 1 aromatic heterocycles. The minimum absolute atomic E-state index is 0.219. The van der Waals surface area contributed by atoms with Crippen molar-refractivity contribution in [2.75, 3.05) is 24.8 Å². The first kappa shape index (κ1) is 28.2. The Labute approximate surface area is 213 Å². The topological polar surface area (TPSA) is 125 Å². The van der Waals surface area contributed by atoms with Crippen LogP contribution in [0.4, 0.5) is 5.82 Å². The van der Waals surface area contributed by atoms with Crippen LogP contribution in [-0.2, 0) is 28.2 Å². The molecule has 1 amide bonds. The van der Waals surface area contributed by atoms with Gasteiger partial charge in [-0.2, -0.15) is 0 Å². The SMILES string of the molecule is CCOP(=O)(C=Cc1cnc(NC(=O)[C@H](CC2CCCC2)c2ccc(S(C)(=O)=O)cc2)cn1)OCC. The van der Waals surface area contributed by atoms with Gasteiger partial charge >= 0.3 is 7.60 Å². The van der Waals surface area contributed by atoms with Crippen molar-refractivity contribution >= 4 is 35.2 Å². The number of rotatable bonds is 12. The van der Waals surface area contributed by atoms with Crippen molar-refractivity contribution < 1.29 is 26.8 Å². The summed E-state index contributed by atoms with van der Waals surface area (Å²) in [5.41, 5.74) is 1.20. The molecule has 0 spiro atoms. The van der Waals surface area contributed by atoms with Crippen LogP contribution in [0.25, 0.3) is 6.08 Å². The number of benzene rings is 1. The van der Waals surface area contributed by atoms with E-state index in [4.69, 9.17) is 9.05 Å². The molecule has 11 heteroatoms. The van der Waals surface area contributed by atoms with E-state index in [1.165, 1.54) is 24.3 Å². The molecule has 0 unspecified atom stereocenters. The molecule has 9 nitrogen and oxygen atoms in total. The Balaban J connectivity index is 1.74. The Bertz CT molecular complexity index is 1180. The Kier molecular flexibility index (Phi) is 9.96. The molecule has 1 heterocycles. The summed E-state index contributed by atoms with van der Waals surface area (Å²) in [5.74, 6) is 1.43. The molecular weight excluding hydrogens is 501 g/mol. The van der Waals surface area contributed by atoms with Gasteiger partial charge < -0.3 is 14.4 Å². The molecule has 36 heavy (non-hydrogen) atoms. The molecule has 0 bridgehead atoms. The molecule has 1 fully saturated rings. The molecule has 0 saturated heterocycles. The van der Waals surface area contributed by atoms with Gasteiger partial charge in [0.05, 0.1) is 42.1 Å². The van der Waals surface area contributed by atoms with E-state index in [0.29, 0.717) is 23.9 Å². The fourth-order valence-corrected chi connectivity index (χ4v) is 6.21. The van der Waals surface area contributed by atoms with E-state index in [2.05, 4.69) is 15.3 Å². The zero-order chi connectivity index (χ0) is 26.2. The van der Waals surface area contributed by atoms with Crippen molar-refractivity contribution in [2.24, 2.45) is 5.92 Å². The Morgan fingerprint density at radius 3 is 2.28 bits per heavy atom. The normalized spacial score (nSPS) is 15.9. The summed E-state index contributed by atoms with van der Waals surface area (Å²) >= 11 is 0. The van der Waals surface area contributed by atoms with E-state index in [1.54, 1.807) is 38.1 Å². The summed E-state index contributed by atoms with van der Waals surface area (Å²) in [6, 6.07) is 6.52. The van der Waals surface area contributed by atoms with Crippen molar-refractivity contribution in [3.05, 3.63) is 53.7 Å². The lowest BCUT2D eigenvalue weighted by molar-refractivity contribution is -0.118. The van der Waals surface area contributed by atoms with Crippen LogP contribution in [0, 0.1) is 5.92 Å². The monoisotopic (exact) mass is 535 g/mol. The number of anilines is 1. The van der Waals surface area contributed by atoms with Crippen LogP contribution in [0.2, 0.25) is 0 Å². The molecule has 3 rings (SSSR count). The number of hydrogen-bond donors (Lipinski definition) is 1. The van der Waals surface area contributed by atoms with Crippen molar-refractivity contribution in [1.29, 1.82) is 0 Å². The second-order valence-corrected chi connectivity index (χ2v) is 12.7. The Morgan fingerprint density at radius 2 is 1.75 bits per heavy atom. The maximum Gasteiger partial charge on any atom is 0.354 e. The van der Waals surface area contributed by atoms with Crippen molar-refractivity contribution in [2.45, 2.75) is 56.8 Å². The summed E-state index contributed by atoms with van der Waals surface area (Å²) in [6.07, 6.45) is 10.7. The lowest BCUT2D eigenvalue weighted by atomic mass is 9.87. The summed E-state index contributed by atoms with van der Waals surface area (Å²) in [7, 11) is -6.67. The van der Waals surface area contributed by atoms with Crippen LogP contribution in [0.1, 0.15) is 63.1 Å². The first-order valence-electron chi connectivity index (χ1n) is 12.1. The number of carbonyl (C=O) groups excluding carboxylic acids is 1. The fourth-order valence-electron chi connectivity index (χ4n) is 4.27. The first-order chi connectivity index (χ1) is 17.1. The van der Waals surface area contributed by atoms with Crippen LogP contribution >= 0.6 is 7.60 Å². The zero-order valence-corrected chi connectivity index (χ0v) is 22.6. The smallest absolute Gasteiger partial charge is 0.309 e. The largest absolute Gasteiger partial charge is 0.354 e. The van der Waals surface area contributed by atoms with Gasteiger partial charge in [0, 0.05) is 12.1 Å². The zero-order valence-electron chi connectivity index (χ0n) is 20.9. The molecule has 1 N–H and O–H groups in total. The maximum atomic E-state index is 13.3. The van der Waals surface area contributed by atoms with Crippen molar-refractivity contribution in [3.63, 3.8) is 0 Å². The van der Waals surface area contributed by atoms with Gasteiger partial charge in [0.25, 0.3) is 0 Å². The predicted octanol–water partition coefficient (Wildman–Crippen LogP) is 5.42. The summed E-state index contributed by atoms with van der Waals surface area (Å²) in [4.78, 5) is 22.0. The van der Waals surface area contributed by atoms with Crippen LogP contribution in [0.15, 0.2) is 47.4 Å². The van der Waals surface area contributed by atoms with Gasteiger partial charge in [-0.05, 0) is 50.0 Å². The third-order valence-electron chi connectivity index (χ3n) is 6.04. The molecule has 2 aromatic rings. The van der Waals surface area contributed by atoms with Crippen LogP contribution in [0.3, 0.4) is 0 Å². The van der Waals surface area contributed by atoms with E-state index in [9.17, 15) is 17.8 Å². The number of hydrogen-bond acceptors (Lipinski definition) is 8. The van der Waals surface area contributed by atoms with E-state index < -0.39 is 23.4 Å². The number of nitrogens with zero attached hydrogens (tertiary/aromatic N) is 2. The second-order valence-electron chi connectivity index (χ2n) is 8.79. The van der Waals surface area contributed by atoms with E-state index in [-0.39, 0.29) is 24.0 Å². The quantitative estimate of drug-likeness (QED) is 0.357. The molecular formula is C25H34N3O6PS. The predicted molar refractivity (Wildman–Crippen MR) is 139 cm³/mol. The molecule has 1 saturated carbocycles. The molecule has 1 aliphatic rings. The third-order valence-corrected chi connectivity index (χ3v) is 8.92. The molecule has 196 valence electrons. The van der Waals surface area contributed by atoms with Gasteiger partial charge in [-0.3, -0.25) is 14.3 Å². The third kappa shape index (κ3) is 8.06. The Hall–Kier alpha value is -2.39. The van der Waals surface area contributed by atoms with E-state index >= 15 is 0 Å². The minimum Gasteiger partial charge on any atom is -0.309 e. The first-order valence-corrected chi connectivity index (χ1v) is 15.6. The van der Waals surface area contributed by atoms with Crippen molar-refractivity contribution in [3.8, 4) is 0 Å². The van der Waals surface area contributed by atoms with Gasteiger partial charge in [0.2, 0.25) is 5.91 Å². The highest BCUT2D eigenvalue weighted by Gasteiger charge is 2.27. The van der Waals surface area contributed by atoms with E-state index in [1.807, 2.05) is 0 Å². The maximum absolute atomic E-state index is 13.3. The standard InChI is InChI=1S/C25H34N3O6PS/c1-4-33-35(30,34-5-2)15-14-21-17-27-24(18-26-21)28-25(29)23(16-19-8-6-7-9-19)20-10-12-22(13-11-20)36(3,31)32/h10-15,17-19,23H,4-9,16H2,1-3H3,(H,27,28,29)/t23-/m1/s1. The van der Waals surface area contributed by atoms with Crippen LogP contribution < -0.4 is 5.32 Å². The highest BCUT2D eigenvalue weighted by Crippen LogP contribution is 2.50. The Morgan fingerprint density at radius 1 is 1.11 bits per heavy atom. The minimum atomic E-state index is -3.35. The average molecular weight is 536 g/mol. The lowest BCUT2D eigenvalue weighted by Gasteiger charge is -2.20. The number of sulfone groups is 1. The van der Waals surface area contributed by atoms with Gasteiger partial charge in [0.15, 0.2) is 15.7 Å². The molecule has 0 radical (unpaired) electrons. The highest BCUT2D eigenvalue weighted by atomic mass is 32.2. The summed E-state index contributed by atoms with van der Waals surface area (Å²) in [6.45, 7) is 3.96. The van der Waals surface area contributed by atoms with Crippen LogP contribution in [-0.4, -0.2) is 43.8 Å². The van der Waals surface area contributed by atoms with Crippen molar-refractivity contribution in [1.82, 2.24) is 9.97 Å². The lowest BCUT2D eigenvalue weighted by Crippen LogP contribution is -2.23. The van der Waals surface area contributed by atoms with E-state index in [0.717, 1.165) is 37.5 Å². The van der Waals surface area contributed by atoms with Gasteiger partial charge in [-0.1, -0.05) is 37.8 Å². The number of aromatic nitrogens is 2. The van der Waals surface area contributed by atoms with Gasteiger partial charge in [0.1, 0.15) is 0 Å². The van der Waals surface area contributed by atoms with Gasteiger partial charge in [-0.15, -0.1) is 0 Å². The van der Waals surface area contributed by atoms with Gasteiger partial charge in [-0.25, -0.2) is 13.4 Å². The molecule has 0 aliphatic heterocycles. The fraction of sp³-hybridized carbons (Fsp3) is 0.480. The molecule has 1 aliphatic carbocycles.